The maximum atomic E-state index is 14.0. The van der Waals surface area contributed by atoms with Gasteiger partial charge in [0.25, 0.3) is 5.91 Å². The number of carbonyl (C=O) groups is 1. The van der Waals surface area contributed by atoms with Gasteiger partial charge in [-0.15, -0.1) is 13.2 Å². The van der Waals surface area contributed by atoms with E-state index in [0.29, 0.717) is 12.1 Å². The molecule has 0 atom stereocenters. The molecule has 0 aliphatic heterocycles. The molecular formula is C15H8F7NO3. The first-order valence-corrected chi connectivity index (χ1v) is 6.61. The molecule has 4 nitrogen and oxygen atoms in total. The highest BCUT2D eigenvalue weighted by Crippen LogP contribution is 2.37. The average molecular weight is 383 g/mol. The van der Waals surface area contributed by atoms with E-state index in [1.807, 2.05) is 0 Å². The normalized spacial score (nSPS) is 12.0. The van der Waals surface area contributed by atoms with E-state index in [1.54, 1.807) is 0 Å². The van der Waals surface area contributed by atoms with E-state index >= 15 is 0 Å². The number of primary amides is 1. The second-order valence-electron chi connectivity index (χ2n) is 4.78. The topological polar surface area (TPSA) is 61.6 Å². The molecule has 2 rings (SSSR count). The quantitative estimate of drug-likeness (QED) is 0.783. The van der Waals surface area contributed by atoms with Gasteiger partial charge < -0.3 is 15.2 Å². The lowest BCUT2D eigenvalue weighted by Gasteiger charge is -2.14. The summed E-state index contributed by atoms with van der Waals surface area (Å²) in [6.07, 6.45) is -9.98. The molecule has 2 N–H and O–H groups in total. The average Bonchev–Trinajstić information content (AvgIpc) is 2.46. The molecule has 26 heavy (non-hydrogen) atoms. The van der Waals surface area contributed by atoms with Crippen LogP contribution in [0, 0.1) is 5.82 Å². The van der Waals surface area contributed by atoms with E-state index < -0.39 is 46.9 Å². The Bertz CT molecular complexity index is 814. The smallest absolute Gasteiger partial charge is 0.456 e. The van der Waals surface area contributed by atoms with Crippen LogP contribution in [0.25, 0.3) is 0 Å². The van der Waals surface area contributed by atoms with Crippen molar-refractivity contribution in [2.75, 3.05) is 0 Å². The highest BCUT2D eigenvalue weighted by Gasteiger charge is 2.37. The Labute approximate surface area is 140 Å². The summed E-state index contributed by atoms with van der Waals surface area (Å²) in [4.78, 5) is 11.3. The van der Waals surface area contributed by atoms with E-state index in [2.05, 4.69) is 4.74 Å². The first-order chi connectivity index (χ1) is 11.9. The van der Waals surface area contributed by atoms with Crippen LogP contribution in [-0.2, 0) is 6.18 Å². The zero-order valence-corrected chi connectivity index (χ0v) is 12.4. The minimum Gasteiger partial charge on any atom is -0.456 e. The number of alkyl halides is 6. The van der Waals surface area contributed by atoms with Crippen LogP contribution < -0.4 is 15.2 Å². The standard InChI is InChI=1S/C15H8F7NO3/c16-12-9(14(17,18)19)5-6-10(11(12)13(23)24)25-7-1-3-8(4-2-7)26-15(20,21)22/h1-6H,(H2,23,24). The van der Waals surface area contributed by atoms with Crippen LogP contribution in [0.15, 0.2) is 36.4 Å². The predicted octanol–water partition coefficient (Wildman–Crippen LogP) is 4.63. The molecule has 0 saturated heterocycles. The van der Waals surface area contributed by atoms with Gasteiger partial charge in [0.2, 0.25) is 0 Å². The van der Waals surface area contributed by atoms with Gasteiger partial charge in [-0.25, -0.2) is 4.39 Å². The fourth-order valence-corrected chi connectivity index (χ4v) is 1.93. The Kier molecular flexibility index (Phi) is 5.01. The summed E-state index contributed by atoms with van der Waals surface area (Å²) >= 11 is 0. The van der Waals surface area contributed by atoms with Crippen molar-refractivity contribution < 1.29 is 45.0 Å². The lowest BCUT2D eigenvalue weighted by Crippen LogP contribution is -2.18. The Morgan fingerprint density at radius 1 is 0.885 bits per heavy atom. The molecule has 0 unspecified atom stereocenters. The summed E-state index contributed by atoms with van der Waals surface area (Å²) < 4.78 is 97.0. The lowest BCUT2D eigenvalue weighted by atomic mass is 10.1. The highest BCUT2D eigenvalue weighted by molar-refractivity contribution is 5.96. The molecule has 0 radical (unpaired) electrons. The van der Waals surface area contributed by atoms with Crippen molar-refractivity contribution in [3.05, 3.63) is 53.3 Å². The summed E-state index contributed by atoms with van der Waals surface area (Å²) in [5.41, 5.74) is 2.05. The molecule has 0 bridgehead atoms. The number of nitrogens with two attached hydrogens (primary N) is 1. The molecule has 0 spiro atoms. The van der Waals surface area contributed by atoms with Crippen LogP contribution >= 0.6 is 0 Å². The van der Waals surface area contributed by atoms with Crippen molar-refractivity contribution in [3.8, 4) is 17.2 Å². The maximum Gasteiger partial charge on any atom is 0.573 e. The van der Waals surface area contributed by atoms with Crippen molar-refractivity contribution in [1.82, 2.24) is 0 Å². The van der Waals surface area contributed by atoms with Crippen molar-refractivity contribution in [2.45, 2.75) is 12.5 Å². The van der Waals surface area contributed by atoms with Gasteiger partial charge in [-0.1, -0.05) is 0 Å². The Morgan fingerprint density at radius 2 is 1.42 bits per heavy atom. The van der Waals surface area contributed by atoms with Gasteiger partial charge >= 0.3 is 12.5 Å². The molecule has 0 aliphatic carbocycles. The first-order valence-electron chi connectivity index (χ1n) is 6.61. The van der Waals surface area contributed by atoms with Gasteiger partial charge in [0.05, 0.1) is 5.56 Å². The molecule has 11 heteroatoms. The number of amides is 1. The van der Waals surface area contributed by atoms with Crippen molar-refractivity contribution in [3.63, 3.8) is 0 Å². The minimum atomic E-state index is -5.07. The summed E-state index contributed by atoms with van der Waals surface area (Å²) in [6, 6.07) is 4.67. The summed E-state index contributed by atoms with van der Waals surface area (Å²) in [6.45, 7) is 0. The van der Waals surface area contributed by atoms with Crippen molar-refractivity contribution in [1.29, 1.82) is 0 Å². The molecule has 0 aliphatic rings. The van der Waals surface area contributed by atoms with E-state index in [9.17, 15) is 35.5 Å². The molecular weight excluding hydrogens is 375 g/mol. The van der Waals surface area contributed by atoms with E-state index in [0.717, 1.165) is 24.3 Å². The van der Waals surface area contributed by atoms with Gasteiger partial charge in [0.1, 0.15) is 22.8 Å². The van der Waals surface area contributed by atoms with Gasteiger partial charge in [0, 0.05) is 0 Å². The molecule has 2 aromatic rings. The van der Waals surface area contributed by atoms with E-state index in [4.69, 9.17) is 10.5 Å². The highest BCUT2D eigenvalue weighted by atomic mass is 19.4. The fraction of sp³-hybridized carbons (Fsp3) is 0.133. The molecule has 140 valence electrons. The van der Waals surface area contributed by atoms with Crippen LogP contribution in [0.3, 0.4) is 0 Å². The van der Waals surface area contributed by atoms with Gasteiger partial charge in [-0.3, -0.25) is 4.79 Å². The SMILES string of the molecule is NC(=O)c1c(Oc2ccc(OC(F)(F)F)cc2)ccc(C(F)(F)F)c1F. The molecule has 0 heterocycles. The fourth-order valence-electron chi connectivity index (χ4n) is 1.93. The van der Waals surface area contributed by atoms with Gasteiger partial charge in [-0.2, -0.15) is 13.2 Å². The maximum absolute atomic E-state index is 14.0. The van der Waals surface area contributed by atoms with E-state index in [-0.39, 0.29) is 5.75 Å². The number of halogens is 7. The monoisotopic (exact) mass is 383 g/mol. The van der Waals surface area contributed by atoms with Crippen molar-refractivity contribution in [2.24, 2.45) is 5.73 Å². The van der Waals surface area contributed by atoms with Gasteiger partial charge in [-0.05, 0) is 36.4 Å². The molecule has 0 aromatic heterocycles. The van der Waals surface area contributed by atoms with Crippen LogP contribution in [0.4, 0.5) is 30.7 Å². The third-order valence-electron chi connectivity index (χ3n) is 2.94. The zero-order chi connectivity index (χ0) is 19.7. The number of hydrogen-bond donors (Lipinski definition) is 1. The molecule has 1 amide bonds. The number of benzene rings is 2. The largest absolute Gasteiger partial charge is 0.573 e. The summed E-state index contributed by atoms with van der Waals surface area (Å²) in [7, 11) is 0. The Morgan fingerprint density at radius 3 is 1.88 bits per heavy atom. The second-order valence-corrected chi connectivity index (χ2v) is 4.78. The van der Waals surface area contributed by atoms with Crippen LogP contribution in [-0.4, -0.2) is 12.3 Å². The van der Waals surface area contributed by atoms with Gasteiger partial charge in [0.15, 0.2) is 5.82 Å². The van der Waals surface area contributed by atoms with E-state index in [1.165, 1.54) is 0 Å². The second kappa shape index (κ2) is 6.73. The third kappa shape index (κ3) is 4.55. The lowest BCUT2D eigenvalue weighted by molar-refractivity contribution is -0.274. The number of hydrogen-bond acceptors (Lipinski definition) is 3. The number of carbonyl (C=O) groups excluding carboxylic acids is 1. The van der Waals surface area contributed by atoms with Crippen LogP contribution in [0.1, 0.15) is 15.9 Å². The Balaban J connectivity index is 2.35. The van der Waals surface area contributed by atoms with Crippen LogP contribution in [0.2, 0.25) is 0 Å². The van der Waals surface area contributed by atoms with Crippen LogP contribution in [0.5, 0.6) is 17.2 Å². The summed E-state index contributed by atoms with van der Waals surface area (Å²) in [5, 5.41) is 0. The number of ether oxygens (including phenoxy) is 2. The summed E-state index contributed by atoms with van der Waals surface area (Å²) in [5.74, 6) is -4.84. The van der Waals surface area contributed by atoms with Crippen molar-refractivity contribution >= 4 is 5.91 Å². The minimum absolute atomic E-state index is 0.193. The number of rotatable bonds is 4. The first kappa shape index (κ1) is 19.3. The molecule has 0 saturated carbocycles. The third-order valence-corrected chi connectivity index (χ3v) is 2.94. The Hall–Kier alpha value is -2.98. The predicted molar refractivity (Wildman–Crippen MR) is 73.1 cm³/mol. The molecule has 0 fully saturated rings. The zero-order valence-electron chi connectivity index (χ0n) is 12.4. The molecule has 2 aromatic carbocycles.